The van der Waals surface area contributed by atoms with E-state index in [2.05, 4.69) is 12.2 Å². The number of hydrogen-bond acceptors (Lipinski definition) is 2. The molecule has 0 aromatic heterocycles. The van der Waals surface area contributed by atoms with Crippen molar-refractivity contribution in [3.05, 3.63) is 0 Å². The van der Waals surface area contributed by atoms with Crippen LogP contribution in [0.2, 0.25) is 0 Å². The Morgan fingerprint density at radius 3 is 2.40 bits per heavy atom. The van der Waals surface area contributed by atoms with Crippen molar-refractivity contribution >= 4 is 0 Å². The van der Waals surface area contributed by atoms with Crippen molar-refractivity contribution in [2.75, 3.05) is 6.61 Å². The fourth-order valence-electron chi connectivity index (χ4n) is 3.39. The van der Waals surface area contributed by atoms with Crippen LogP contribution in [0.15, 0.2) is 0 Å². The van der Waals surface area contributed by atoms with E-state index in [1.165, 1.54) is 51.4 Å². The monoisotopic (exact) mass is 211 g/mol. The van der Waals surface area contributed by atoms with E-state index in [0.29, 0.717) is 18.6 Å². The molecular formula is C13H25NO. The maximum atomic E-state index is 9.66. The molecule has 0 amide bonds. The van der Waals surface area contributed by atoms with Gasteiger partial charge in [0.25, 0.3) is 0 Å². The van der Waals surface area contributed by atoms with Crippen LogP contribution in [0.4, 0.5) is 0 Å². The summed E-state index contributed by atoms with van der Waals surface area (Å²) in [5.41, 5.74) is 0.0575. The molecule has 2 aliphatic carbocycles. The maximum Gasteiger partial charge on any atom is 0.0616 e. The third kappa shape index (κ3) is 2.36. The van der Waals surface area contributed by atoms with Crippen LogP contribution in [-0.4, -0.2) is 23.3 Å². The summed E-state index contributed by atoms with van der Waals surface area (Å²) in [6.07, 6.45) is 10.5. The quantitative estimate of drug-likeness (QED) is 0.751. The van der Waals surface area contributed by atoms with E-state index in [0.717, 1.165) is 0 Å². The number of hydrogen-bond donors (Lipinski definition) is 2. The maximum absolute atomic E-state index is 9.66. The van der Waals surface area contributed by atoms with Gasteiger partial charge in [0.1, 0.15) is 0 Å². The highest BCUT2D eigenvalue weighted by atomic mass is 16.3. The van der Waals surface area contributed by atoms with Gasteiger partial charge in [-0.15, -0.1) is 0 Å². The molecule has 2 N–H and O–H groups in total. The van der Waals surface area contributed by atoms with E-state index in [1.807, 2.05) is 0 Å². The second-order valence-electron chi connectivity index (χ2n) is 5.59. The molecule has 2 atom stereocenters. The van der Waals surface area contributed by atoms with Gasteiger partial charge in [-0.05, 0) is 31.6 Å². The summed E-state index contributed by atoms with van der Waals surface area (Å²) in [6.45, 7) is 2.61. The van der Waals surface area contributed by atoms with Gasteiger partial charge < -0.3 is 10.4 Å². The number of aliphatic hydroxyl groups is 1. The van der Waals surface area contributed by atoms with Crippen molar-refractivity contribution in [1.82, 2.24) is 5.32 Å². The molecule has 2 heteroatoms. The van der Waals surface area contributed by atoms with Crippen molar-refractivity contribution in [3.8, 4) is 0 Å². The fraction of sp³-hybridized carbons (Fsp3) is 1.00. The van der Waals surface area contributed by atoms with E-state index < -0.39 is 0 Å². The Morgan fingerprint density at radius 2 is 1.87 bits per heavy atom. The molecule has 0 bridgehead atoms. The Balaban J connectivity index is 1.94. The Bertz CT molecular complexity index is 201. The predicted octanol–water partition coefficient (Wildman–Crippen LogP) is 2.46. The van der Waals surface area contributed by atoms with Crippen LogP contribution >= 0.6 is 0 Å². The van der Waals surface area contributed by atoms with Crippen molar-refractivity contribution < 1.29 is 5.11 Å². The van der Waals surface area contributed by atoms with Crippen LogP contribution < -0.4 is 5.32 Å². The van der Waals surface area contributed by atoms with Crippen molar-refractivity contribution in [2.24, 2.45) is 5.92 Å². The normalized spacial score (nSPS) is 38.4. The molecule has 2 nitrogen and oxygen atoms in total. The minimum Gasteiger partial charge on any atom is -0.394 e. The number of nitrogens with one attached hydrogen (secondary N) is 1. The van der Waals surface area contributed by atoms with Crippen LogP contribution in [0, 0.1) is 5.92 Å². The molecule has 2 aliphatic rings. The molecule has 0 aromatic rings. The zero-order chi connectivity index (χ0) is 10.7. The van der Waals surface area contributed by atoms with Crippen molar-refractivity contribution in [2.45, 2.75) is 69.9 Å². The third-order valence-corrected chi connectivity index (χ3v) is 4.58. The van der Waals surface area contributed by atoms with Gasteiger partial charge >= 0.3 is 0 Å². The van der Waals surface area contributed by atoms with Gasteiger partial charge in [-0.3, -0.25) is 0 Å². The first kappa shape index (κ1) is 11.4. The summed E-state index contributed by atoms with van der Waals surface area (Å²) < 4.78 is 0. The topological polar surface area (TPSA) is 32.3 Å². The molecule has 2 unspecified atom stereocenters. The lowest BCUT2D eigenvalue weighted by Crippen LogP contribution is -2.55. The molecule has 88 valence electrons. The van der Waals surface area contributed by atoms with E-state index in [-0.39, 0.29) is 5.54 Å². The van der Waals surface area contributed by atoms with Crippen LogP contribution in [0.25, 0.3) is 0 Å². The summed E-state index contributed by atoms with van der Waals surface area (Å²) in [5, 5.41) is 13.4. The highest BCUT2D eigenvalue weighted by molar-refractivity contribution is 4.99. The molecule has 2 saturated carbocycles. The molecule has 15 heavy (non-hydrogen) atoms. The lowest BCUT2D eigenvalue weighted by Gasteiger charge is -2.38. The molecule has 2 rings (SSSR count). The second-order valence-corrected chi connectivity index (χ2v) is 5.59. The van der Waals surface area contributed by atoms with E-state index >= 15 is 0 Å². The SMILES string of the molecule is CC1CCCC1(CO)NC1CCCCC1. The van der Waals surface area contributed by atoms with E-state index in [9.17, 15) is 5.11 Å². The summed E-state index contributed by atoms with van der Waals surface area (Å²) in [4.78, 5) is 0. The Labute approximate surface area is 93.5 Å². The summed E-state index contributed by atoms with van der Waals surface area (Å²) in [7, 11) is 0. The predicted molar refractivity (Wildman–Crippen MR) is 62.8 cm³/mol. The van der Waals surface area contributed by atoms with Gasteiger partial charge in [0, 0.05) is 11.6 Å². The van der Waals surface area contributed by atoms with Crippen LogP contribution in [-0.2, 0) is 0 Å². The van der Waals surface area contributed by atoms with Crippen LogP contribution in [0.3, 0.4) is 0 Å². The Hall–Kier alpha value is -0.0800. The van der Waals surface area contributed by atoms with E-state index in [4.69, 9.17) is 0 Å². The van der Waals surface area contributed by atoms with Gasteiger partial charge in [-0.25, -0.2) is 0 Å². The minimum atomic E-state index is 0.0575. The highest BCUT2D eigenvalue weighted by Gasteiger charge is 2.40. The van der Waals surface area contributed by atoms with Gasteiger partial charge in [-0.2, -0.15) is 0 Å². The van der Waals surface area contributed by atoms with Crippen molar-refractivity contribution in [1.29, 1.82) is 0 Å². The molecule has 0 spiro atoms. The summed E-state index contributed by atoms with van der Waals surface area (Å²) in [6, 6.07) is 0.673. The Morgan fingerprint density at radius 1 is 1.13 bits per heavy atom. The third-order valence-electron chi connectivity index (χ3n) is 4.58. The van der Waals surface area contributed by atoms with Crippen molar-refractivity contribution in [3.63, 3.8) is 0 Å². The largest absolute Gasteiger partial charge is 0.394 e. The lowest BCUT2D eigenvalue weighted by atomic mass is 9.85. The Kier molecular flexibility index (Phi) is 3.68. The number of rotatable bonds is 3. The molecule has 2 fully saturated rings. The first-order valence-electron chi connectivity index (χ1n) is 6.65. The summed E-state index contributed by atoms with van der Waals surface area (Å²) in [5.74, 6) is 0.643. The van der Waals surface area contributed by atoms with Gasteiger partial charge in [-0.1, -0.05) is 32.6 Å². The average Bonchev–Trinajstić information content (AvgIpc) is 2.62. The second kappa shape index (κ2) is 4.84. The van der Waals surface area contributed by atoms with Gasteiger partial charge in [0.15, 0.2) is 0 Å². The molecule has 0 aliphatic heterocycles. The molecule has 0 radical (unpaired) electrons. The summed E-state index contributed by atoms with van der Waals surface area (Å²) >= 11 is 0. The van der Waals surface area contributed by atoms with Gasteiger partial charge in [0.05, 0.1) is 6.61 Å². The molecule has 0 heterocycles. The highest BCUT2D eigenvalue weighted by Crippen LogP contribution is 2.36. The first-order chi connectivity index (χ1) is 7.27. The fourth-order valence-corrected chi connectivity index (χ4v) is 3.39. The molecular weight excluding hydrogens is 186 g/mol. The molecule has 0 aromatic carbocycles. The van der Waals surface area contributed by atoms with Crippen LogP contribution in [0.1, 0.15) is 58.3 Å². The first-order valence-corrected chi connectivity index (χ1v) is 6.65. The van der Waals surface area contributed by atoms with E-state index in [1.54, 1.807) is 0 Å². The lowest BCUT2D eigenvalue weighted by molar-refractivity contribution is 0.109. The minimum absolute atomic E-state index is 0.0575. The molecule has 0 saturated heterocycles. The standard InChI is InChI=1S/C13H25NO/c1-11-6-5-9-13(11,10-15)14-12-7-3-2-4-8-12/h11-12,14-15H,2-10H2,1H3. The van der Waals surface area contributed by atoms with Crippen LogP contribution in [0.5, 0.6) is 0 Å². The smallest absolute Gasteiger partial charge is 0.0616 e. The number of aliphatic hydroxyl groups excluding tert-OH is 1. The average molecular weight is 211 g/mol. The van der Waals surface area contributed by atoms with Gasteiger partial charge in [0.2, 0.25) is 0 Å². The zero-order valence-corrected chi connectivity index (χ0v) is 9.97. The zero-order valence-electron chi connectivity index (χ0n) is 9.97.